The number of aromatic nitrogens is 1. The summed E-state index contributed by atoms with van der Waals surface area (Å²) >= 11 is 1.89. The molecule has 2 nitrogen and oxygen atoms in total. The van der Waals surface area contributed by atoms with Crippen LogP contribution in [0.15, 0.2) is 182 Å². The van der Waals surface area contributed by atoms with Crippen LogP contribution in [0.25, 0.3) is 69.6 Å². The molecule has 2 aromatic heterocycles. The number of benzene rings is 8. The Labute approximate surface area is 288 Å². The Hall–Kier alpha value is -6.16. The zero-order chi connectivity index (χ0) is 32.3. The second-order valence-electron chi connectivity index (χ2n) is 12.6. The average Bonchev–Trinajstić information content (AvgIpc) is 3.71. The van der Waals surface area contributed by atoms with E-state index in [0.717, 1.165) is 22.7 Å². The summed E-state index contributed by atoms with van der Waals surface area (Å²) in [7, 11) is 0. The molecule has 0 amide bonds. The van der Waals surface area contributed by atoms with Crippen molar-refractivity contribution in [3.05, 3.63) is 182 Å². The largest absolute Gasteiger partial charge is 0.311 e. The van der Waals surface area contributed by atoms with E-state index < -0.39 is 0 Å². The third kappa shape index (κ3) is 4.55. The Bertz CT molecular complexity index is 2790. The molecule has 8 aromatic carbocycles. The summed E-state index contributed by atoms with van der Waals surface area (Å²) in [4.78, 5) is 2.33. The number of rotatable bonds is 5. The Morgan fingerprint density at radius 1 is 0.388 bits per heavy atom. The molecule has 0 spiro atoms. The van der Waals surface area contributed by atoms with Gasteiger partial charge in [0.05, 0.1) is 11.0 Å². The molecule has 0 saturated carbocycles. The summed E-state index contributed by atoms with van der Waals surface area (Å²) in [6.07, 6.45) is 0. The number of hydrogen-bond donors (Lipinski definition) is 0. The Morgan fingerprint density at radius 3 is 1.78 bits per heavy atom. The summed E-state index contributed by atoms with van der Waals surface area (Å²) in [5.74, 6) is 0. The first kappa shape index (κ1) is 27.9. The quantitative estimate of drug-likeness (QED) is 0.181. The molecule has 0 atom stereocenters. The zero-order valence-electron chi connectivity index (χ0n) is 26.6. The smallest absolute Gasteiger partial charge is 0.0547 e. The topological polar surface area (TPSA) is 8.17 Å². The van der Waals surface area contributed by atoms with E-state index in [-0.39, 0.29) is 0 Å². The average molecular weight is 643 g/mol. The van der Waals surface area contributed by atoms with Crippen molar-refractivity contribution in [1.29, 1.82) is 0 Å². The molecule has 0 fully saturated rings. The van der Waals surface area contributed by atoms with Crippen LogP contribution in [0, 0.1) is 0 Å². The second kappa shape index (κ2) is 11.2. The maximum atomic E-state index is 2.43. The van der Waals surface area contributed by atoms with Crippen molar-refractivity contribution in [2.24, 2.45) is 0 Å². The van der Waals surface area contributed by atoms with Crippen molar-refractivity contribution >= 4 is 81.1 Å². The number of thiophene rings is 1. The van der Waals surface area contributed by atoms with E-state index in [1.165, 1.54) is 63.9 Å². The van der Waals surface area contributed by atoms with Crippen molar-refractivity contribution in [3.63, 3.8) is 0 Å². The highest BCUT2D eigenvalue weighted by atomic mass is 32.1. The fraction of sp³-hybridized carbons (Fsp3) is 0. The molecule has 10 rings (SSSR count). The number of nitrogens with zero attached hydrogens (tertiary/aromatic N) is 2. The molecule has 230 valence electrons. The fourth-order valence-electron chi connectivity index (χ4n) is 7.46. The molecule has 0 aliphatic heterocycles. The monoisotopic (exact) mass is 642 g/mol. The van der Waals surface area contributed by atoms with Crippen molar-refractivity contribution in [2.45, 2.75) is 0 Å². The Morgan fingerprint density at radius 2 is 1.00 bits per heavy atom. The first-order valence-corrected chi connectivity index (χ1v) is 17.5. The molecule has 0 N–H and O–H groups in total. The third-order valence-electron chi connectivity index (χ3n) is 9.77. The van der Waals surface area contributed by atoms with Gasteiger partial charge >= 0.3 is 0 Å². The summed E-state index contributed by atoms with van der Waals surface area (Å²) < 4.78 is 5.12. The minimum absolute atomic E-state index is 1.11. The zero-order valence-corrected chi connectivity index (χ0v) is 27.4. The van der Waals surface area contributed by atoms with Gasteiger partial charge in [-0.1, -0.05) is 109 Å². The van der Waals surface area contributed by atoms with Crippen LogP contribution in [-0.4, -0.2) is 4.57 Å². The van der Waals surface area contributed by atoms with E-state index >= 15 is 0 Å². The van der Waals surface area contributed by atoms with E-state index in [9.17, 15) is 0 Å². The van der Waals surface area contributed by atoms with Crippen molar-refractivity contribution in [1.82, 2.24) is 4.57 Å². The normalized spacial score (nSPS) is 11.7. The molecule has 10 aromatic rings. The molecule has 0 bridgehead atoms. The van der Waals surface area contributed by atoms with Crippen LogP contribution in [0.5, 0.6) is 0 Å². The Balaban J connectivity index is 1.13. The van der Waals surface area contributed by atoms with Gasteiger partial charge in [0.15, 0.2) is 0 Å². The number of fused-ring (bicyclic) bond motifs is 8. The number of para-hydroxylation sites is 2. The predicted molar refractivity (Wildman–Crippen MR) is 211 cm³/mol. The maximum Gasteiger partial charge on any atom is 0.0547 e. The van der Waals surface area contributed by atoms with Gasteiger partial charge in [-0.05, 0) is 89.3 Å². The molecule has 0 saturated heterocycles. The van der Waals surface area contributed by atoms with Gasteiger partial charge in [-0.3, -0.25) is 0 Å². The van der Waals surface area contributed by atoms with E-state index in [1.807, 2.05) is 11.3 Å². The van der Waals surface area contributed by atoms with Gasteiger partial charge in [0.2, 0.25) is 0 Å². The van der Waals surface area contributed by atoms with Gasteiger partial charge in [0.1, 0.15) is 0 Å². The first-order valence-electron chi connectivity index (χ1n) is 16.7. The van der Waals surface area contributed by atoms with Crippen LogP contribution in [0.3, 0.4) is 0 Å². The fourth-order valence-corrected chi connectivity index (χ4v) is 8.69. The molecule has 49 heavy (non-hydrogen) atoms. The predicted octanol–water partition coefficient (Wildman–Crippen LogP) is 13.4. The van der Waals surface area contributed by atoms with Gasteiger partial charge in [0, 0.05) is 59.1 Å². The van der Waals surface area contributed by atoms with Crippen LogP contribution in [0.1, 0.15) is 0 Å². The first-order chi connectivity index (χ1) is 24.3. The molecule has 3 heteroatoms. The van der Waals surface area contributed by atoms with Gasteiger partial charge < -0.3 is 9.47 Å². The number of anilines is 3. The summed E-state index contributed by atoms with van der Waals surface area (Å²) in [6.45, 7) is 0. The van der Waals surface area contributed by atoms with E-state index in [1.54, 1.807) is 0 Å². The lowest BCUT2D eigenvalue weighted by molar-refractivity contribution is 1.17. The van der Waals surface area contributed by atoms with Crippen molar-refractivity contribution in [2.75, 3.05) is 4.90 Å². The second-order valence-corrected chi connectivity index (χ2v) is 13.6. The molecular weight excluding hydrogens is 613 g/mol. The molecule has 0 aliphatic rings. The third-order valence-corrected chi connectivity index (χ3v) is 11.0. The van der Waals surface area contributed by atoms with Gasteiger partial charge in [0.25, 0.3) is 0 Å². The van der Waals surface area contributed by atoms with E-state index in [0.29, 0.717) is 0 Å². The summed E-state index contributed by atoms with van der Waals surface area (Å²) in [5, 5.41) is 7.79. The van der Waals surface area contributed by atoms with Crippen LogP contribution in [0.2, 0.25) is 0 Å². The van der Waals surface area contributed by atoms with Crippen LogP contribution in [-0.2, 0) is 0 Å². The van der Waals surface area contributed by atoms with Crippen LogP contribution < -0.4 is 4.90 Å². The van der Waals surface area contributed by atoms with E-state index in [4.69, 9.17) is 0 Å². The van der Waals surface area contributed by atoms with Gasteiger partial charge in [-0.25, -0.2) is 0 Å². The Kier molecular flexibility index (Phi) is 6.39. The highest BCUT2D eigenvalue weighted by Crippen LogP contribution is 2.42. The molecule has 2 heterocycles. The van der Waals surface area contributed by atoms with Crippen LogP contribution in [0.4, 0.5) is 17.1 Å². The summed E-state index contributed by atoms with van der Waals surface area (Å²) in [6, 6.07) is 66.0. The lowest BCUT2D eigenvalue weighted by Gasteiger charge is -2.26. The highest BCUT2D eigenvalue weighted by Gasteiger charge is 2.17. The molecule has 0 aliphatic carbocycles. The molecular formula is C46H30N2S. The number of hydrogen-bond acceptors (Lipinski definition) is 2. The standard InChI is InChI=1S/C46H30N2S/c1-3-11-31(12-4-1)32-19-22-35(23-20-32)47(34-13-5-2-6-14-34)36-24-26-37(27-25-36)48-43-17-9-7-15-38(43)42-29-33-21-28-40-39-16-8-10-18-45(39)49-46(40)41(33)30-44(42)48/h1-30H. The minimum Gasteiger partial charge on any atom is -0.311 e. The van der Waals surface area contributed by atoms with Crippen molar-refractivity contribution in [3.8, 4) is 16.8 Å². The lowest BCUT2D eigenvalue weighted by atomic mass is 10.0. The minimum atomic E-state index is 1.11. The van der Waals surface area contributed by atoms with Gasteiger partial charge in [-0.15, -0.1) is 11.3 Å². The van der Waals surface area contributed by atoms with Crippen LogP contribution >= 0.6 is 11.3 Å². The highest BCUT2D eigenvalue weighted by molar-refractivity contribution is 7.26. The summed E-state index contributed by atoms with van der Waals surface area (Å²) in [5.41, 5.74) is 9.36. The van der Waals surface area contributed by atoms with Gasteiger partial charge in [-0.2, -0.15) is 0 Å². The molecule has 0 radical (unpaired) electrons. The van der Waals surface area contributed by atoms with E-state index in [2.05, 4.69) is 191 Å². The SMILES string of the molecule is c1ccc(-c2ccc(N(c3ccccc3)c3ccc(-n4c5ccccc5c5cc6ccc7c8ccccc8sc7c6cc54)cc3)cc2)cc1. The van der Waals surface area contributed by atoms with Crippen molar-refractivity contribution < 1.29 is 0 Å². The lowest BCUT2D eigenvalue weighted by Crippen LogP contribution is -2.10. The maximum absolute atomic E-state index is 2.43. The molecule has 0 unspecified atom stereocenters.